The summed E-state index contributed by atoms with van der Waals surface area (Å²) in [6, 6.07) is 11.0. The number of hydrogen-bond acceptors (Lipinski definition) is 11. The smallest absolute Gasteiger partial charge is 0.233 e. The van der Waals surface area contributed by atoms with Crippen molar-refractivity contribution < 1.29 is 18.7 Å². The average molecular weight is 514 g/mol. The molecule has 0 radical (unpaired) electrons. The summed E-state index contributed by atoms with van der Waals surface area (Å²) in [7, 11) is 3.27. The van der Waals surface area contributed by atoms with Crippen LogP contribution in [0.3, 0.4) is 0 Å². The maximum absolute atomic E-state index is 13.1. The van der Waals surface area contributed by atoms with Crippen molar-refractivity contribution in [3.63, 3.8) is 0 Å². The lowest BCUT2D eigenvalue weighted by atomic mass is 10.0. The summed E-state index contributed by atoms with van der Waals surface area (Å²) < 4.78 is 24.0. The molecule has 2 atom stereocenters. The van der Waals surface area contributed by atoms with E-state index in [1.165, 1.54) is 17.4 Å². The topological polar surface area (TPSA) is 106 Å². The fraction of sp³-hybridized carbons (Fsp3) is 0.458. The lowest BCUT2D eigenvalue weighted by molar-refractivity contribution is -0.128. The number of halogens is 1. The predicted octanol–water partition coefficient (Wildman–Crippen LogP) is 2.49. The molecule has 0 unspecified atom stereocenters. The lowest BCUT2D eigenvalue weighted by Crippen LogP contribution is -2.51. The molecule has 0 amide bonds. The van der Waals surface area contributed by atoms with Crippen LogP contribution in [0, 0.1) is 5.95 Å². The third-order valence-corrected chi connectivity index (χ3v) is 7.35. The highest BCUT2D eigenvalue weighted by Gasteiger charge is 2.29. The molecule has 190 valence electrons. The van der Waals surface area contributed by atoms with Gasteiger partial charge in [-0.3, -0.25) is 4.79 Å². The van der Waals surface area contributed by atoms with Crippen molar-refractivity contribution in [2.45, 2.75) is 31.1 Å². The van der Waals surface area contributed by atoms with Gasteiger partial charge in [-0.05, 0) is 36.2 Å². The van der Waals surface area contributed by atoms with Gasteiger partial charge < -0.3 is 24.6 Å². The van der Waals surface area contributed by atoms with Crippen LogP contribution in [0.15, 0.2) is 36.4 Å². The minimum atomic E-state index is -0.676. The Morgan fingerprint density at radius 1 is 1.14 bits per heavy atom. The predicted molar refractivity (Wildman–Crippen MR) is 134 cm³/mol. The fourth-order valence-electron chi connectivity index (χ4n) is 4.50. The highest BCUT2D eigenvalue weighted by atomic mass is 32.1. The molecule has 36 heavy (non-hydrogen) atoms. The van der Waals surface area contributed by atoms with Crippen molar-refractivity contribution in [1.82, 2.24) is 20.4 Å². The molecule has 2 saturated heterocycles. The molecule has 3 aromatic rings. The van der Waals surface area contributed by atoms with E-state index in [0.717, 1.165) is 37.3 Å². The Labute approximate surface area is 212 Å². The zero-order chi connectivity index (χ0) is 25.1. The Morgan fingerprint density at radius 3 is 2.75 bits per heavy atom. The summed E-state index contributed by atoms with van der Waals surface area (Å²) >= 11 is 1.37. The Morgan fingerprint density at radius 2 is 2.00 bits per heavy atom. The minimum Gasteiger partial charge on any atom is -0.378 e. The van der Waals surface area contributed by atoms with Gasteiger partial charge in [-0.25, -0.2) is 0 Å². The molecular formula is C24H28FN7O3S. The summed E-state index contributed by atoms with van der Waals surface area (Å²) in [5.41, 5.74) is 1.87. The molecule has 2 aromatic heterocycles. The van der Waals surface area contributed by atoms with E-state index in [4.69, 9.17) is 9.47 Å². The van der Waals surface area contributed by atoms with E-state index in [9.17, 15) is 9.18 Å². The molecule has 12 heteroatoms. The summed E-state index contributed by atoms with van der Waals surface area (Å²) in [4.78, 5) is 17.4. The van der Waals surface area contributed by atoms with Crippen molar-refractivity contribution in [2.24, 2.45) is 0 Å². The summed E-state index contributed by atoms with van der Waals surface area (Å²) in [6.45, 7) is 3.14. The van der Waals surface area contributed by atoms with Crippen molar-refractivity contribution >= 4 is 33.8 Å². The minimum absolute atomic E-state index is 0.0716. The van der Waals surface area contributed by atoms with Crippen LogP contribution in [0.4, 0.5) is 21.0 Å². The third-order valence-electron chi connectivity index (χ3n) is 6.50. The second kappa shape index (κ2) is 10.8. The van der Waals surface area contributed by atoms with Gasteiger partial charge in [0.05, 0.1) is 12.5 Å². The molecule has 5 rings (SSSR count). The van der Waals surface area contributed by atoms with E-state index in [2.05, 4.69) is 30.6 Å². The Kier molecular flexibility index (Phi) is 7.35. The number of methoxy groups -OCH3 is 2. The first-order valence-corrected chi connectivity index (χ1v) is 12.6. The maximum atomic E-state index is 13.1. The number of Topliss-reactive ketones (excluding diaryl/α,β-unsaturated/α-hetero) is 1. The number of anilines is 3. The molecular weight excluding hydrogens is 485 g/mol. The fourth-order valence-corrected chi connectivity index (χ4v) is 5.33. The van der Waals surface area contributed by atoms with Crippen molar-refractivity contribution in [2.75, 3.05) is 55.5 Å². The van der Waals surface area contributed by atoms with Gasteiger partial charge in [0.15, 0.2) is 11.6 Å². The lowest BCUT2D eigenvalue weighted by Gasteiger charge is -2.40. The molecule has 0 spiro atoms. The molecule has 10 nitrogen and oxygen atoms in total. The van der Waals surface area contributed by atoms with Crippen LogP contribution >= 0.6 is 11.3 Å². The van der Waals surface area contributed by atoms with Gasteiger partial charge >= 0.3 is 0 Å². The molecule has 4 heterocycles. The summed E-state index contributed by atoms with van der Waals surface area (Å²) in [5.74, 6) is -0.0208. The molecule has 0 bridgehead atoms. The van der Waals surface area contributed by atoms with Crippen LogP contribution in [0.5, 0.6) is 0 Å². The highest BCUT2D eigenvalue weighted by Crippen LogP contribution is 2.29. The number of ether oxygens (including phenoxy) is 2. The Bertz CT molecular complexity index is 1190. The number of ketones is 1. The molecule has 0 aliphatic carbocycles. The Hall–Kier alpha value is -3.22. The number of benzene rings is 1. The van der Waals surface area contributed by atoms with Crippen LogP contribution in [-0.2, 0) is 20.7 Å². The second-order valence-electron chi connectivity index (χ2n) is 8.91. The molecule has 2 fully saturated rings. The summed E-state index contributed by atoms with van der Waals surface area (Å²) in [5, 5.41) is 20.5. The van der Waals surface area contributed by atoms with Crippen molar-refractivity contribution in [1.29, 1.82) is 0 Å². The SMILES string of the molecule is COC1CN(c2cccc([C@H](OC)C(=O)Cc3nnc(N[C@@H]4CCN(c5ccc(F)nn5)C4)s3)c2)C1. The van der Waals surface area contributed by atoms with Gasteiger partial charge in [-0.2, -0.15) is 4.39 Å². The number of nitrogens with zero attached hydrogens (tertiary/aromatic N) is 6. The molecule has 1 aromatic carbocycles. The molecule has 0 saturated carbocycles. The third kappa shape index (κ3) is 5.45. The van der Waals surface area contributed by atoms with Crippen molar-refractivity contribution in [3.05, 3.63) is 52.9 Å². The van der Waals surface area contributed by atoms with Gasteiger partial charge in [0.2, 0.25) is 11.1 Å². The summed E-state index contributed by atoms with van der Waals surface area (Å²) in [6.07, 6.45) is 0.582. The van der Waals surface area contributed by atoms with Gasteiger partial charge in [-0.1, -0.05) is 23.5 Å². The van der Waals surface area contributed by atoms with Crippen LogP contribution in [-0.4, -0.2) is 78.7 Å². The average Bonchev–Trinajstić information content (AvgIpc) is 3.49. The van der Waals surface area contributed by atoms with Crippen LogP contribution in [0.1, 0.15) is 23.1 Å². The van der Waals surface area contributed by atoms with Gasteiger partial charge in [0.1, 0.15) is 11.1 Å². The number of aromatic nitrogens is 4. The number of hydrogen-bond donors (Lipinski definition) is 1. The van der Waals surface area contributed by atoms with E-state index in [1.54, 1.807) is 20.3 Å². The van der Waals surface area contributed by atoms with Crippen LogP contribution in [0.2, 0.25) is 0 Å². The van der Waals surface area contributed by atoms with E-state index < -0.39 is 12.1 Å². The maximum Gasteiger partial charge on any atom is 0.233 e. The number of rotatable bonds is 10. The Balaban J connectivity index is 1.17. The van der Waals surface area contributed by atoms with E-state index in [1.807, 2.05) is 29.2 Å². The number of carbonyl (C=O) groups excluding carboxylic acids is 1. The van der Waals surface area contributed by atoms with E-state index in [0.29, 0.717) is 22.5 Å². The van der Waals surface area contributed by atoms with E-state index in [-0.39, 0.29) is 24.3 Å². The van der Waals surface area contributed by atoms with E-state index >= 15 is 0 Å². The van der Waals surface area contributed by atoms with Crippen molar-refractivity contribution in [3.8, 4) is 0 Å². The van der Waals surface area contributed by atoms with Gasteiger partial charge in [0, 0.05) is 52.1 Å². The first-order valence-electron chi connectivity index (χ1n) is 11.8. The quantitative estimate of drug-likeness (QED) is 0.435. The molecule has 2 aliphatic heterocycles. The monoisotopic (exact) mass is 513 g/mol. The number of carbonyl (C=O) groups is 1. The first kappa shape index (κ1) is 24.5. The largest absolute Gasteiger partial charge is 0.378 e. The van der Waals surface area contributed by atoms with Crippen LogP contribution < -0.4 is 15.1 Å². The van der Waals surface area contributed by atoms with Gasteiger partial charge in [0.25, 0.3) is 0 Å². The zero-order valence-corrected chi connectivity index (χ0v) is 20.9. The first-order chi connectivity index (χ1) is 17.5. The highest BCUT2D eigenvalue weighted by molar-refractivity contribution is 7.15. The van der Waals surface area contributed by atoms with Crippen LogP contribution in [0.25, 0.3) is 0 Å². The zero-order valence-electron chi connectivity index (χ0n) is 20.1. The standard InChI is InChI=1S/C24H28FN7O3S/c1-34-18-13-32(14-18)17-5-3-4-15(10-17)23(35-2)19(33)11-22-29-30-24(36-22)26-16-8-9-31(12-16)21-7-6-20(25)27-28-21/h3-7,10,16,18,23H,8-9,11-14H2,1-2H3,(H,26,30)/t16-,23+/m1/s1. The normalized spacial score (nSPS) is 18.8. The molecule has 1 N–H and O–H groups in total. The molecule has 2 aliphatic rings. The second-order valence-corrected chi connectivity index (χ2v) is 9.97. The van der Waals surface area contributed by atoms with Gasteiger partial charge in [-0.15, -0.1) is 20.4 Å². The number of nitrogens with one attached hydrogen (secondary N) is 1.